The van der Waals surface area contributed by atoms with E-state index in [4.69, 9.17) is 11.5 Å². The molecule has 0 aliphatic rings. The normalized spacial score (nSPS) is 15.4. The first kappa shape index (κ1) is 10.1. The van der Waals surface area contributed by atoms with Gasteiger partial charge < -0.3 is 16.5 Å². The molecule has 1 aromatic carbocycles. The number of imidazole rings is 1. The van der Waals surface area contributed by atoms with Gasteiger partial charge in [0, 0.05) is 12.1 Å². The molecule has 0 saturated carbocycles. The molecule has 5 N–H and O–H groups in total. The van der Waals surface area contributed by atoms with Crippen molar-refractivity contribution in [3.63, 3.8) is 0 Å². The number of nitrogens with two attached hydrogens (primary N) is 2. The fourth-order valence-electron chi connectivity index (χ4n) is 1.72. The molecule has 2 unspecified atom stereocenters. The molecule has 0 amide bonds. The van der Waals surface area contributed by atoms with Gasteiger partial charge in [-0.1, -0.05) is 6.07 Å². The van der Waals surface area contributed by atoms with Crippen LogP contribution in [0.5, 0.6) is 0 Å². The highest BCUT2D eigenvalue weighted by Crippen LogP contribution is 2.19. The Morgan fingerprint density at radius 1 is 1.40 bits per heavy atom. The van der Waals surface area contributed by atoms with Gasteiger partial charge in [0.15, 0.2) is 0 Å². The van der Waals surface area contributed by atoms with E-state index in [-0.39, 0.29) is 12.1 Å². The molecule has 0 bridgehead atoms. The molecule has 4 nitrogen and oxygen atoms in total. The largest absolute Gasteiger partial charge is 0.345 e. The van der Waals surface area contributed by atoms with Crippen molar-refractivity contribution in [2.24, 2.45) is 11.5 Å². The summed E-state index contributed by atoms with van der Waals surface area (Å²) in [7, 11) is 0. The minimum atomic E-state index is -0.00213. The average molecular weight is 204 g/mol. The molecular formula is C11H16N4. The van der Waals surface area contributed by atoms with E-state index in [1.54, 1.807) is 6.33 Å². The standard InChI is InChI=1S/C11H16N4/c1-7(12)4-9(13)8-2-3-10-11(5-8)15-6-14-10/h2-3,5-7,9H,4,12-13H2,1H3,(H,14,15). The molecule has 1 heterocycles. The second kappa shape index (κ2) is 4.00. The number of hydrogen-bond acceptors (Lipinski definition) is 3. The Kier molecular flexibility index (Phi) is 2.70. The Morgan fingerprint density at radius 2 is 2.20 bits per heavy atom. The Hall–Kier alpha value is -1.39. The van der Waals surface area contributed by atoms with Gasteiger partial charge >= 0.3 is 0 Å². The highest BCUT2D eigenvalue weighted by atomic mass is 14.9. The Morgan fingerprint density at radius 3 is 2.93 bits per heavy atom. The lowest BCUT2D eigenvalue weighted by atomic mass is 10.0. The van der Waals surface area contributed by atoms with Crippen LogP contribution in [0.1, 0.15) is 24.9 Å². The van der Waals surface area contributed by atoms with Crippen molar-refractivity contribution in [3.05, 3.63) is 30.1 Å². The van der Waals surface area contributed by atoms with Crippen LogP contribution in [-0.2, 0) is 0 Å². The van der Waals surface area contributed by atoms with Gasteiger partial charge in [-0.3, -0.25) is 0 Å². The van der Waals surface area contributed by atoms with Gasteiger partial charge in [0.25, 0.3) is 0 Å². The zero-order valence-corrected chi connectivity index (χ0v) is 8.77. The van der Waals surface area contributed by atoms with E-state index >= 15 is 0 Å². The van der Waals surface area contributed by atoms with Gasteiger partial charge in [-0.25, -0.2) is 4.98 Å². The number of aromatic nitrogens is 2. The SMILES string of the molecule is CC(N)CC(N)c1ccc2nc[nH]c2c1. The number of H-pyrrole nitrogens is 1. The Labute approximate surface area is 88.7 Å². The predicted octanol–water partition coefficient (Wildman–Crippen LogP) is 1.30. The number of aromatic amines is 1. The van der Waals surface area contributed by atoms with Crippen LogP contribution < -0.4 is 11.5 Å². The fourth-order valence-corrected chi connectivity index (χ4v) is 1.72. The zero-order valence-electron chi connectivity index (χ0n) is 8.77. The van der Waals surface area contributed by atoms with E-state index in [0.717, 1.165) is 23.0 Å². The lowest BCUT2D eigenvalue weighted by Crippen LogP contribution is -2.23. The molecule has 0 saturated heterocycles. The van der Waals surface area contributed by atoms with Crippen LogP contribution in [0.25, 0.3) is 11.0 Å². The topological polar surface area (TPSA) is 80.7 Å². The van der Waals surface area contributed by atoms with Crippen LogP contribution in [0, 0.1) is 0 Å². The van der Waals surface area contributed by atoms with Gasteiger partial charge in [-0.05, 0) is 31.0 Å². The molecule has 0 aliphatic heterocycles. The second-order valence-corrected chi connectivity index (χ2v) is 4.00. The maximum absolute atomic E-state index is 6.04. The second-order valence-electron chi connectivity index (χ2n) is 4.00. The number of rotatable bonds is 3. The number of nitrogens with one attached hydrogen (secondary N) is 1. The molecule has 0 aliphatic carbocycles. The van der Waals surface area contributed by atoms with E-state index in [1.165, 1.54) is 0 Å². The highest BCUT2D eigenvalue weighted by Gasteiger charge is 2.09. The molecule has 0 fully saturated rings. The van der Waals surface area contributed by atoms with Crippen molar-refractivity contribution in [2.45, 2.75) is 25.4 Å². The fraction of sp³-hybridized carbons (Fsp3) is 0.364. The maximum atomic E-state index is 6.04. The Balaban J connectivity index is 2.27. The summed E-state index contributed by atoms with van der Waals surface area (Å²) < 4.78 is 0. The highest BCUT2D eigenvalue weighted by molar-refractivity contribution is 5.75. The minimum absolute atomic E-state index is 0.00213. The van der Waals surface area contributed by atoms with Crippen molar-refractivity contribution < 1.29 is 0 Å². The summed E-state index contributed by atoms with van der Waals surface area (Å²) in [6, 6.07) is 6.14. The quantitative estimate of drug-likeness (QED) is 0.705. The first-order valence-corrected chi connectivity index (χ1v) is 5.11. The third-order valence-electron chi connectivity index (χ3n) is 2.50. The number of nitrogens with zero attached hydrogens (tertiary/aromatic N) is 1. The smallest absolute Gasteiger partial charge is 0.0931 e. The van der Waals surface area contributed by atoms with E-state index < -0.39 is 0 Å². The molecular weight excluding hydrogens is 188 g/mol. The zero-order chi connectivity index (χ0) is 10.8. The molecule has 2 rings (SSSR count). The number of hydrogen-bond donors (Lipinski definition) is 3. The Bertz CT molecular complexity index is 447. The molecule has 15 heavy (non-hydrogen) atoms. The van der Waals surface area contributed by atoms with Crippen LogP contribution in [0.3, 0.4) is 0 Å². The van der Waals surface area contributed by atoms with Crippen molar-refractivity contribution >= 4 is 11.0 Å². The molecule has 2 aromatic rings. The average Bonchev–Trinajstić information content (AvgIpc) is 2.62. The summed E-state index contributed by atoms with van der Waals surface area (Å²) >= 11 is 0. The van der Waals surface area contributed by atoms with Gasteiger partial charge in [0.1, 0.15) is 0 Å². The number of fused-ring (bicyclic) bond motifs is 1. The predicted molar refractivity (Wildman–Crippen MR) is 61.3 cm³/mol. The van der Waals surface area contributed by atoms with Gasteiger partial charge in [0.05, 0.1) is 17.4 Å². The van der Waals surface area contributed by atoms with Crippen molar-refractivity contribution in [2.75, 3.05) is 0 Å². The van der Waals surface area contributed by atoms with Crippen molar-refractivity contribution in [3.8, 4) is 0 Å². The minimum Gasteiger partial charge on any atom is -0.345 e. The summed E-state index contributed by atoms with van der Waals surface area (Å²) in [4.78, 5) is 7.23. The van der Waals surface area contributed by atoms with E-state index in [0.29, 0.717) is 0 Å². The van der Waals surface area contributed by atoms with Crippen LogP contribution in [0.4, 0.5) is 0 Å². The van der Waals surface area contributed by atoms with E-state index in [2.05, 4.69) is 9.97 Å². The summed E-state index contributed by atoms with van der Waals surface area (Å²) in [5, 5.41) is 0. The van der Waals surface area contributed by atoms with Crippen molar-refractivity contribution in [1.82, 2.24) is 9.97 Å². The van der Waals surface area contributed by atoms with Gasteiger partial charge in [-0.2, -0.15) is 0 Å². The maximum Gasteiger partial charge on any atom is 0.0931 e. The lowest BCUT2D eigenvalue weighted by molar-refractivity contribution is 0.569. The van der Waals surface area contributed by atoms with Crippen molar-refractivity contribution in [1.29, 1.82) is 0 Å². The third kappa shape index (κ3) is 2.16. The number of benzene rings is 1. The van der Waals surface area contributed by atoms with Crippen LogP contribution >= 0.6 is 0 Å². The molecule has 4 heteroatoms. The third-order valence-corrected chi connectivity index (χ3v) is 2.50. The van der Waals surface area contributed by atoms with Gasteiger partial charge in [-0.15, -0.1) is 0 Å². The first-order chi connectivity index (χ1) is 7.16. The summed E-state index contributed by atoms with van der Waals surface area (Å²) in [5.74, 6) is 0. The lowest BCUT2D eigenvalue weighted by Gasteiger charge is -2.14. The monoisotopic (exact) mass is 204 g/mol. The summed E-state index contributed by atoms with van der Waals surface area (Å²) in [5.41, 5.74) is 14.9. The molecule has 0 spiro atoms. The van der Waals surface area contributed by atoms with Crippen LogP contribution in [0.2, 0.25) is 0 Å². The van der Waals surface area contributed by atoms with Gasteiger partial charge in [0.2, 0.25) is 0 Å². The first-order valence-electron chi connectivity index (χ1n) is 5.11. The van der Waals surface area contributed by atoms with E-state index in [9.17, 15) is 0 Å². The summed E-state index contributed by atoms with van der Waals surface area (Å²) in [6.07, 6.45) is 2.48. The summed E-state index contributed by atoms with van der Waals surface area (Å²) in [6.45, 7) is 1.97. The molecule has 2 atom stereocenters. The van der Waals surface area contributed by atoms with Crippen LogP contribution in [0.15, 0.2) is 24.5 Å². The molecule has 0 radical (unpaired) electrons. The van der Waals surface area contributed by atoms with Crippen LogP contribution in [-0.4, -0.2) is 16.0 Å². The molecule has 1 aromatic heterocycles. The molecule has 80 valence electrons. The van der Waals surface area contributed by atoms with E-state index in [1.807, 2.05) is 25.1 Å².